The van der Waals surface area contributed by atoms with Crippen LogP contribution < -0.4 is 0 Å². The minimum Gasteiger partial charge on any atom is -0.170 e. The molecule has 0 nitrogen and oxygen atoms in total. The number of hydrogen-bond acceptors (Lipinski definition) is 0. The third-order valence-electron chi connectivity index (χ3n) is 1.18. The van der Waals surface area contributed by atoms with Crippen LogP contribution in [0, 0.1) is 5.92 Å². The molecule has 3 heteroatoms. The summed E-state index contributed by atoms with van der Waals surface area (Å²) in [4.78, 5) is 0. The lowest BCUT2D eigenvalue weighted by Gasteiger charge is -2.09. The predicted octanol–water partition coefficient (Wildman–Crippen LogP) is 3.15. The molecule has 0 N–H and O–H groups in total. The van der Waals surface area contributed by atoms with E-state index in [1.807, 2.05) is 0 Å². The highest BCUT2D eigenvalue weighted by atomic mass is 19.4. The van der Waals surface area contributed by atoms with Crippen molar-refractivity contribution < 1.29 is 13.2 Å². The standard InChI is InChI=1S/C7H11F3/c1-3-4-5-6(2)7(8,9)10/h4-6H,3H2,1-2H3. The van der Waals surface area contributed by atoms with Gasteiger partial charge in [0.1, 0.15) is 0 Å². The van der Waals surface area contributed by atoms with Crippen LogP contribution in [0.2, 0.25) is 0 Å². The molecule has 10 heavy (non-hydrogen) atoms. The van der Waals surface area contributed by atoms with Gasteiger partial charge in [0, 0.05) is 0 Å². The Kier molecular flexibility index (Phi) is 3.47. The maximum atomic E-state index is 11.7. The molecule has 0 saturated carbocycles. The molecule has 0 amide bonds. The first-order valence-electron chi connectivity index (χ1n) is 3.21. The second-order valence-corrected chi connectivity index (χ2v) is 2.17. The highest BCUT2D eigenvalue weighted by Crippen LogP contribution is 2.26. The average Bonchev–Trinajstić information content (AvgIpc) is 1.80. The molecule has 60 valence electrons. The zero-order valence-corrected chi connectivity index (χ0v) is 6.07. The molecule has 0 spiro atoms. The van der Waals surface area contributed by atoms with Crippen LogP contribution in [0.3, 0.4) is 0 Å². The second kappa shape index (κ2) is 3.64. The first kappa shape index (κ1) is 9.53. The molecule has 0 saturated heterocycles. The Morgan fingerprint density at radius 2 is 1.90 bits per heavy atom. The van der Waals surface area contributed by atoms with Gasteiger partial charge < -0.3 is 0 Å². The lowest BCUT2D eigenvalue weighted by Crippen LogP contribution is -2.17. The zero-order chi connectivity index (χ0) is 8.20. The Bertz CT molecular complexity index is 113. The molecule has 0 aliphatic heterocycles. The van der Waals surface area contributed by atoms with Crippen molar-refractivity contribution in [2.45, 2.75) is 26.4 Å². The number of halogens is 3. The molecule has 1 unspecified atom stereocenters. The van der Waals surface area contributed by atoms with Gasteiger partial charge >= 0.3 is 6.18 Å². The fourth-order valence-electron chi connectivity index (χ4n) is 0.449. The molecule has 1 atom stereocenters. The minimum atomic E-state index is -4.08. The van der Waals surface area contributed by atoms with Gasteiger partial charge in [-0.25, -0.2) is 0 Å². The van der Waals surface area contributed by atoms with E-state index < -0.39 is 12.1 Å². The third-order valence-corrected chi connectivity index (χ3v) is 1.18. The highest BCUT2D eigenvalue weighted by Gasteiger charge is 2.33. The number of alkyl halides is 3. The van der Waals surface area contributed by atoms with Crippen LogP contribution in [0.1, 0.15) is 20.3 Å². The van der Waals surface area contributed by atoms with Crippen LogP contribution in [0.15, 0.2) is 12.2 Å². The average molecular weight is 152 g/mol. The van der Waals surface area contributed by atoms with Crippen molar-refractivity contribution >= 4 is 0 Å². The van der Waals surface area contributed by atoms with E-state index in [-0.39, 0.29) is 0 Å². The summed E-state index contributed by atoms with van der Waals surface area (Å²) in [6.45, 7) is 2.95. The fourth-order valence-corrected chi connectivity index (χ4v) is 0.449. The SMILES string of the molecule is CCC=CC(C)C(F)(F)F. The first-order valence-corrected chi connectivity index (χ1v) is 3.21. The largest absolute Gasteiger partial charge is 0.394 e. The molecular weight excluding hydrogens is 141 g/mol. The van der Waals surface area contributed by atoms with Gasteiger partial charge in [-0.1, -0.05) is 26.0 Å². The van der Waals surface area contributed by atoms with Crippen LogP contribution in [-0.4, -0.2) is 6.18 Å². The van der Waals surface area contributed by atoms with Gasteiger partial charge in [-0.05, 0) is 6.42 Å². The summed E-state index contributed by atoms with van der Waals surface area (Å²) >= 11 is 0. The van der Waals surface area contributed by atoms with Crippen molar-refractivity contribution in [1.82, 2.24) is 0 Å². The van der Waals surface area contributed by atoms with Gasteiger partial charge in [-0.3, -0.25) is 0 Å². The summed E-state index contributed by atoms with van der Waals surface area (Å²) in [7, 11) is 0. The van der Waals surface area contributed by atoms with E-state index in [1.54, 1.807) is 6.92 Å². The first-order chi connectivity index (χ1) is 4.48. The van der Waals surface area contributed by atoms with Gasteiger partial charge in [-0.2, -0.15) is 13.2 Å². The van der Waals surface area contributed by atoms with Crippen molar-refractivity contribution in [1.29, 1.82) is 0 Å². The number of rotatable bonds is 2. The maximum absolute atomic E-state index is 11.7. The molecule has 0 aromatic carbocycles. The zero-order valence-electron chi connectivity index (χ0n) is 6.07. The summed E-state index contributed by atoms with van der Waals surface area (Å²) in [5, 5.41) is 0. The third kappa shape index (κ3) is 3.54. The van der Waals surface area contributed by atoms with E-state index in [1.165, 1.54) is 12.2 Å². The van der Waals surface area contributed by atoms with Crippen LogP contribution in [0.25, 0.3) is 0 Å². The van der Waals surface area contributed by atoms with E-state index in [9.17, 15) is 13.2 Å². The Balaban J connectivity index is 3.84. The topological polar surface area (TPSA) is 0 Å². The van der Waals surface area contributed by atoms with Crippen LogP contribution in [0.5, 0.6) is 0 Å². The van der Waals surface area contributed by atoms with E-state index >= 15 is 0 Å². The smallest absolute Gasteiger partial charge is 0.170 e. The van der Waals surface area contributed by atoms with E-state index in [2.05, 4.69) is 0 Å². The summed E-state index contributed by atoms with van der Waals surface area (Å²) in [5.41, 5.74) is 0. The minimum absolute atomic E-state index is 0.653. The van der Waals surface area contributed by atoms with Gasteiger partial charge in [0.15, 0.2) is 0 Å². The van der Waals surface area contributed by atoms with Crippen molar-refractivity contribution in [3.63, 3.8) is 0 Å². The quantitative estimate of drug-likeness (QED) is 0.533. The molecule has 0 fully saturated rings. The number of hydrogen-bond donors (Lipinski definition) is 0. The molecule has 0 radical (unpaired) electrons. The van der Waals surface area contributed by atoms with Crippen molar-refractivity contribution in [3.8, 4) is 0 Å². The van der Waals surface area contributed by atoms with Gasteiger partial charge in [0.25, 0.3) is 0 Å². The van der Waals surface area contributed by atoms with Crippen molar-refractivity contribution in [2.24, 2.45) is 5.92 Å². The lowest BCUT2D eigenvalue weighted by molar-refractivity contribution is -0.156. The molecule has 0 heterocycles. The Morgan fingerprint density at radius 3 is 2.20 bits per heavy atom. The van der Waals surface area contributed by atoms with Gasteiger partial charge in [0.2, 0.25) is 0 Å². The second-order valence-electron chi connectivity index (χ2n) is 2.17. The van der Waals surface area contributed by atoms with Crippen LogP contribution in [0.4, 0.5) is 13.2 Å². The van der Waals surface area contributed by atoms with Crippen LogP contribution in [-0.2, 0) is 0 Å². The Morgan fingerprint density at radius 1 is 1.40 bits per heavy atom. The summed E-state index contributed by atoms with van der Waals surface area (Å²) < 4.78 is 35.2. The molecule has 0 aromatic heterocycles. The summed E-state index contributed by atoms with van der Waals surface area (Å²) in [5.74, 6) is -1.31. The fraction of sp³-hybridized carbons (Fsp3) is 0.714. The van der Waals surface area contributed by atoms with Gasteiger partial charge in [-0.15, -0.1) is 0 Å². The lowest BCUT2D eigenvalue weighted by atomic mass is 10.1. The molecule has 0 rings (SSSR count). The van der Waals surface area contributed by atoms with Crippen molar-refractivity contribution in [3.05, 3.63) is 12.2 Å². The van der Waals surface area contributed by atoms with E-state index in [0.29, 0.717) is 6.42 Å². The normalized spacial score (nSPS) is 16.1. The summed E-state index contributed by atoms with van der Waals surface area (Å²) in [6.07, 6.45) is -0.718. The Hall–Kier alpha value is -0.470. The monoisotopic (exact) mass is 152 g/mol. The molecule has 0 aliphatic carbocycles. The highest BCUT2D eigenvalue weighted by molar-refractivity contribution is 4.88. The molecule has 0 bridgehead atoms. The predicted molar refractivity (Wildman–Crippen MR) is 34.6 cm³/mol. The van der Waals surface area contributed by atoms with Crippen molar-refractivity contribution in [2.75, 3.05) is 0 Å². The molecule has 0 aliphatic rings. The number of allylic oxidation sites excluding steroid dienone is 2. The van der Waals surface area contributed by atoms with E-state index in [4.69, 9.17) is 0 Å². The molecule has 0 aromatic rings. The maximum Gasteiger partial charge on any atom is 0.394 e. The van der Waals surface area contributed by atoms with Crippen LogP contribution >= 0.6 is 0 Å². The summed E-state index contributed by atoms with van der Waals surface area (Å²) in [6, 6.07) is 0. The van der Waals surface area contributed by atoms with Gasteiger partial charge in [0.05, 0.1) is 5.92 Å². The Labute approximate surface area is 58.7 Å². The molecular formula is C7H11F3. The van der Waals surface area contributed by atoms with E-state index in [0.717, 1.165) is 6.92 Å².